The van der Waals surface area contributed by atoms with Gasteiger partial charge in [-0.2, -0.15) is 0 Å². The first-order valence-corrected chi connectivity index (χ1v) is 10.4. The third-order valence-corrected chi connectivity index (χ3v) is 4.61. The average molecular weight is 326 g/mol. The summed E-state index contributed by atoms with van der Waals surface area (Å²) in [5.74, 6) is 1.38. The molecular weight excluding hydrogens is 282 g/mol. The number of amides is 1. The highest BCUT2D eigenvalue weighted by atomic mass is 16.1. The van der Waals surface area contributed by atoms with Crippen molar-refractivity contribution >= 4 is 5.91 Å². The van der Waals surface area contributed by atoms with Gasteiger partial charge in [-0.05, 0) is 24.7 Å². The van der Waals surface area contributed by atoms with Crippen LogP contribution in [0.4, 0.5) is 0 Å². The Morgan fingerprint density at radius 2 is 1.26 bits per heavy atom. The van der Waals surface area contributed by atoms with Crippen LogP contribution in [0.25, 0.3) is 0 Å². The lowest BCUT2D eigenvalue weighted by atomic mass is 9.94. The Labute approximate surface area is 146 Å². The van der Waals surface area contributed by atoms with Crippen molar-refractivity contribution in [3.8, 4) is 0 Å². The quantitative estimate of drug-likeness (QED) is 0.323. The number of unbranched alkanes of at least 4 members (excludes halogenated alkanes) is 8. The average Bonchev–Trinajstić information content (AvgIpc) is 2.50. The molecule has 138 valence electrons. The van der Waals surface area contributed by atoms with Crippen LogP contribution in [-0.4, -0.2) is 12.5 Å². The molecule has 0 rings (SSSR count). The fraction of sp³-hybridized carbons (Fsp3) is 0.952. The van der Waals surface area contributed by atoms with Crippen molar-refractivity contribution < 1.29 is 4.79 Å². The molecule has 2 heteroatoms. The first-order chi connectivity index (χ1) is 11.1. The summed E-state index contributed by atoms with van der Waals surface area (Å²) in [6.45, 7) is 9.65. The largest absolute Gasteiger partial charge is 0.356 e. The van der Waals surface area contributed by atoms with E-state index in [4.69, 9.17) is 0 Å². The number of nitrogens with one attached hydrogen (secondary N) is 1. The number of hydrogen-bond acceptors (Lipinski definition) is 1. The third-order valence-electron chi connectivity index (χ3n) is 4.61. The Morgan fingerprint density at radius 3 is 1.70 bits per heavy atom. The van der Waals surface area contributed by atoms with Gasteiger partial charge in [-0.1, -0.05) is 91.9 Å². The summed E-state index contributed by atoms with van der Waals surface area (Å²) in [4.78, 5) is 11.9. The lowest BCUT2D eigenvalue weighted by molar-refractivity contribution is -0.122. The third kappa shape index (κ3) is 16.1. The lowest BCUT2D eigenvalue weighted by Gasteiger charge is -2.18. The van der Waals surface area contributed by atoms with Crippen LogP contribution in [0.5, 0.6) is 0 Å². The van der Waals surface area contributed by atoms with Crippen molar-refractivity contribution in [3.63, 3.8) is 0 Å². The standard InChI is InChI=1S/C21H43NO/c1-5-7-9-11-13-15-20(16-14-12-10-8-6-2)18-22-21(23)17-19(3)4/h19-20H,5-18H2,1-4H3,(H,22,23). The van der Waals surface area contributed by atoms with Crippen LogP contribution >= 0.6 is 0 Å². The van der Waals surface area contributed by atoms with E-state index in [1.807, 2.05) is 0 Å². The summed E-state index contributed by atoms with van der Waals surface area (Å²) in [6.07, 6.45) is 16.7. The Kier molecular flexibility index (Phi) is 16.0. The molecule has 0 bridgehead atoms. The van der Waals surface area contributed by atoms with Crippen molar-refractivity contribution in [2.75, 3.05) is 6.54 Å². The first-order valence-electron chi connectivity index (χ1n) is 10.4. The second-order valence-corrected chi connectivity index (χ2v) is 7.67. The normalized spacial score (nSPS) is 11.4. The van der Waals surface area contributed by atoms with E-state index in [2.05, 4.69) is 33.0 Å². The van der Waals surface area contributed by atoms with E-state index in [9.17, 15) is 4.79 Å². The van der Waals surface area contributed by atoms with Crippen LogP contribution in [0.2, 0.25) is 0 Å². The van der Waals surface area contributed by atoms with E-state index in [0.29, 0.717) is 18.3 Å². The van der Waals surface area contributed by atoms with Gasteiger partial charge in [-0.15, -0.1) is 0 Å². The minimum atomic E-state index is 0.238. The summed E-state index contributed by atoms with van der Waals surface area (Å²) in [5, 5.41) is 3.18. The Bertz CT molecular complexity index is 249. The zero-order valence-corrected chi connectivity index (χ0v) is 16.5. The van der Waals surface area contributed by atoms with Crippen LogP contribution < -0.4 is 5.32 Å². The predicted octanol–water partition coefficient (Wildman–Crippen LogP) is 6.49. The summed E-state index contributed by atoms with van der Waals surface area (Å²) in [7, 11) is 0. The summed E-state index contributed by atoms with van der Waals surface area (Å²) in [5.41, 5.74) is 0. The SMILES string of the molecule is CCCCCCCC(CCCCCCC)CNC(=O)CC(C)C. The highest BCUT2D eigenvalue weighted by Gasteiger charge is 2.11. The van der Waals surface area contributed by atoms with Gasteiger partial charge in [0.05, 0.1) is 0 Å². The van der Waals surface area contributed by atoms with Gasteiger partial charge in [-0.3, -0.25) is 4.79 Å². The maximum atomic E-state index is 11.9. The van der Waals surface area contributed by atoms with Crippen LogP contribution in [-0.2, 0) is 4.79 Å². The second-order valence-electron chi connectivity index (χ2n) is 7.67. The van der Waals surface area contributed by atoms with Crippen LogP contribution in [0.3, 0.4) is 0 Å². The van der Waals surface area contributed by atoms with Gasteiger partial charge in [0.2, 0.25) is 5.91 Å². The maximum Gasteiger partial charge on any atom is 0.220 e. The molecule has 0 aliphatic carbocycles. The molecule has 1 amide bonds. The zero-order chi connectivity index (χ0) is 17.3. The molecule has 0 aromatic carbocycles. The van der Waals surface area contributed by atoms with Gasteiger partial charge in [0.1, 0.15) is 0 Å². The van der Waals surface area contributed by atoms with Gasteiger partial charge in [0.15, 0.2) is 0 Å². The molecule has 0 unspecified atom stereocenters. The zero-order valence-electron chi connectivity index (χ0n) is 16.5. The molecule has 0 saturated carbocycles. The van der Waals surface area contributed by atoms with Crippen molar-refractivity contribution in [1.82, 2.24) is 5.32 Å². The Balaban J connectivity index is 3.97. The maximum absolute atomic E-state index is 11.9. The van der Waals surface area contributed by atoms with E-state index in [1.54, 1.807) is 0 Å². The minimum Gasteiger partial charge on any atom is -0.356 e. The van der Waals surface area contributed by atoms with Gasteiger partial charge in [-0.25, -0.2) is 0 Å². The van der Waals surface area contributed by atoms with E-state index in [0.717, 1.165) is 6.54 Å². The molecular formula is C21H43NO. The molecule has 2 nitrogen and oxygen atoms in total. The predicted molar refractivity (Wildman–Crippen MR) is 103 cm³/mol. The van der Waals surface area contributed by atoms with Crippen LogP contribution in [0, 0.1) is 11.8 Å². The van der Waals surface area contributed by atoms with E-state index in [1.165, 1.54) is 77.0 Å². The molecule has 0 aromatic rings. The number of carbonyl (C=O) groups is 1. The molecule has 0 spiro atoms. The number of hydrogen-bond donors (Lipinski definition) is 1. The van der Waals surface area contributed by atoms with E-state index < -0.39 is 0 Å². The molecule has 1 N–H and O–H groups in total. The van der Waals surface area contributed by atoms with Crippen molar-refractivity contribution in [2.45, 2.75) is 111 Å². The fourth-order valence-corrected chi connectivity index (χ4v) is 3.12. The summed E-state index contributed by atoms with van der Waals surface area (Å²) >= 11 is 0. The summed E-state index contributed by atoms with van der Waals surface area (Å²) < 4.78 is 0. The molecule has 0 saturated heterocycles. The van der Waals surface area contributed by atoms with Gasteiger partial charge >= 0.3 is 0 Å². The van der Waals surface area contributed by atoms with E-state index in [-0.39, 0.29) is 5.91 Å². The Hall–Kier alpha value is -0.530. The minimum absolute atomic E-state index is 0.238. The van der Waals surface area contributed by atoms with Crippen LogP contribution in [0.1, 0.15) is 111 Å². The van der Waals surface area contributed by atoms with Crippen LogP contribution in [0.15, 0.2) is 0 Å². The molecule has 0 aliphatic heterocycles. The molecule has 0 aromatic heterocycles. The molecule has 0 atom stereocenters. The first kappa shape index (κ1) is 22.5. The van der Waals surface area contributed by atoms with Crippen molar-refractivity contribution in [3.05, 3.63) is 0 Å². The van der Waals surface area contributed by atoms with Crippen molar-refractivity contribution in [2.24, 2.45) is 11.8 Å². The molecule has 0 fully saturated rings. The monoisotopic (exact) mass is 325 g/mol. The molecule has 0 aliphatic rings. The molecule has 0 radical (unpaired) electrons. The van der Waals surface area contributed by atoms with Crippen molar-refractivity contribution in [1.29, 1.82) is 0 Å². The number of rotatable bonds is 16. The Morgan fingerprint density at radius 1 is 0.783 bits per heavy atom. The topological polar surface area (TPSA) is 29.1 Å². The number of carbonyl (C=O) groups excluding carboxylic acids is 1. The lowest BCUT2D eigenvalue weighted by Crippen LogP contribution is -2.30. The van der Waals surface area contributed by atoms with Gasteiger partial charge in [0.25, 0.3) is 0 Å². The smallest absolute Gasteiger partial charge is 0.220 e. The van der Waals surface area contributed by atoms with Gasteiger partial charge in [0, 0.05) is 13.0 Å². The highest BCUT2D eigenvalue weighted by molar-refractivity contribution is 5.76. The second kappa shape index (κ2) is 16.3. The van der Waals surface area contributed by atoms with E-state index >= 15 is 0 Å². The fourth-order valence-electron chi connectivity index (χ4n) is 3.12. The van der Waals surface area contributed by atoms with Gasteiger partial charge < -0.3 is 5.32 Å². The highest BCUT2D eigenvalue weighted by Crippen LogP contribution is 2.18. The molecule has 23 heavy (non-hydrogen) atoms. The molecule has 0 heterocycles. The summed E-state index contributed by atoms with van der Waals surface area (Å²) in [6, 6.07) is 0.